The highest BCUT2D eigenvalue weighted by molar-refractivity contribution is 7.14. The fourth-order valence-electron chi connectivity index (χ4n) is 1.65. The summed E-state index contributed by atoms with van der Waals surface area (Å²) in [6, 6.07) is 8.05. The third kappa shape index (κ3) is 3.19. The van der Waals surface area contributed by atoms with Gasteiger partial charge in [-0.3, -0.25) is 4.79 Å². The molecule has 1 amide bonds. The van der Waals surface area contributed by atoms with Gasteiger partial charge in [0, 0.05) is 23.4 Å². The van der Waals surface area contributed by atoms with Crippen LogP contribution < -0.4 is 11.1 Å². The Balaban J connectivity index is 2.16. The number of hydrogen-bond acceptors (Lipinski definition) is 4. The zero-order valence-corrected chi connectivity index (χ0v) is 11.8. The molecule has 1 heterocycles. The largest absolute Gasteiger partial charge is 0.330 e. The van der Waals surface area contributed by atoms with Gasteiger partial charge in [0.05, 0.1) is 5.69 Å². The number of nitrogens with zero attached hydrogens (tertiary/aromatic N) is 1. The fraction of sp³-hybridized carbons (Fsp3) is 0.286. The summed E-state index contributed by atoms with van der Waals surface area (Å²) in [5, 5.41) is 5.35. The van der Waals surface area contributed by atoms with Crippen molar-refractivity contribution in [2.45, 2.75) is 13.8 Å². The van der Waals surface area contributed by atoms with Crippen LogP contribution in [0.2, 0.25) is 0 Å². The van der Waals surface area contributed by atoms with E-state index >= 15 is 0 Å². The molecule has 19 heavy (non-hydrogen) atoms. The third-order valence-electron chi connectivity index (χ3n) is 2.96. The van der Waals surface area contributed by atoms with Crippen LogP contribution in [0.25, 0.3) is 11.3 Å². The summed E-state index contributed by atoms with van der Waals surface area (Å²) in [5.41, 5.74) is 8.61. The Bertz CT molecular complexity index is 580. The van der Waals surface area contributed by atoms with Crippen LogP contribution in [-0.2, 0) is 4.79 Å². The number of amides is 1. The molecule has 1 aromatic heterocycles. The molecule has 0 bridgehead atoms. The van der Waals surface area contributed by atoms with Crippen molar-refractivity contribution in [1.29, 1.82) is 0 Å². The predicted molar refractivity (Wildman–Crippen MR) is 79.1 cm³/mol. The monoisotopic (exact) mass is 275 g/mol. The van der Waals surface area contributed by atoms with Crippen molar-refractivity contribution in [2.24, 2.45) is 11.7 Å². The summed E-state index contributed by atoms with van der Waals surface area (Å²) < 4.78 is 0. The number of benzene rings is 1. The first kappa shape index (κ1) is 13.7. The van der Waals surface area contributed by atoms with E-state index in [1.54, 1.807) is 6.92 Å². The Morgan fingerprint density at radius 1 is 1.47 bits per heavy atom. The van der Waals surface area contributed by atoms with E-state index in [1.807, 2.05) is 36.6 Å². The van der Waals surface area contributed by atoms with Crippen molar-refractivity contribution in [1.82, 2.24) is 4.98 Å². The van der Waals surface area contributed by atoms with Gasteiger partial charge in [0.2, 0.25) is 5.91 Å². The van der Waals surface area contributed by atoms with Gasteiger partial charge >= 0.3 is 0 Å². The standard InChI is InChI=1S/C14H17N3OS/c1-9-5-3-4-6-11(9)12-8-19-14(16-12)17-13(18)10(2)7-15/h3-6,8,10H,7,15H2,1-2H3,(H,16,17,18). The smallest absolute Gasteiger partial charge is 0.230 e. The quantitative estimate of drug-likeness (QED) is 0.901. The number of anilines is 1. The van der Waals surface area contributed by atoms with Gasteiger partial charge in [-0.05, 0) is 12.5 Å². The third-order valence-corrected chi connectivity index (χ3v) is 3.71. The Hall–Kier alpha value is -1.72. The molecule has 1 unspecified atom stereocenters. The van der Waals surface area contributed by atoms with E-state index in [1.165, 1.54) is 16.9 Å². The molecule has 2 rings (SSSR count). The minimum atomic E-state index is -0.203. The lowest BCUT2D eigenvalue weighted by atomic mass is 10.1. The number of carbonyl (C=O) groups excluding carboxylic acids is 1. The van der Waals surface area contributed by atoms with Crippen LogP contribution in [-0.4, -0.2) is 17.4 Å². The number of nitrogens with one attached hydrogen (secondary N) is 1. The molecule has 1 atom stereocenters. The normalized spacial score (nSPS) is 12.2. The van der Waals surface area contributed by atoms with Gasteiger partial charge in [-0.2, -0.15) is 0 Å². The van der Waals surface area contributed by atoms with Crippen LogP contribution in [0.4, 0.5) is 5.13 Å². The molecule has 4 nitrogen and oxygen atoms in total. The highest BCUT2D eigenvalue weighted by atomic mass is 32.1. The maximum atomic E-state index is 11.7. The second-order valence-corrected chi connectivity index (χ2v) is 5.34. The number of rotatable bonds is 4. The Kier molecular flexibility index (Phi) is 4.29. The van der Waals surface area contributed by atoms with Crippen molar-refractivity contribution >= 4 is 22.4 Å². The molecule has 0 radical (unpaired) electrons. The summed E-state index contributed by atoms with van der Waals surface area (Å²) in [4.78, 5) is 16.2. The molecule has 5 heteroatoms. The van der Waals surface area contributed by atoms with E-state index in [9.17, 15) is 4.79 Å². The molecular weight excluding hydrogens is 258 g/mol. The van der Waals surface area contributed by atoms with Gasteiger partial charge in [0.1, 0.15) is 0 Å². The maximum absolute atomic E-state index is 11.7. The number of aromatic nitrogens is 1. The number of aryl methyl sites for hydroxylation is 1. The molecule has 0 spiro atoms. The van der Waals surface area contributed by atoms with Gasteiger partial charge in [-0.1, -0.05) is 31.2 Å². The first-order valence-electron chi connectivity index (χ1n) is 6.14. The summed E-state index contributed by atoms with van der Waals surface area (Å²) in [6.45, 7) is 4.18. The molecule has 100 valence electrons. The highest BCUT2D eigenvalue weighted by Gasteiger charge is 2.13. The van der Waals surface area contributed by atoms with Gasteiger partial charge in [-0.15, -0.1) is 11.3 Å². The molecule has 0 aliphatic carbocycles. The zero-order chi connectivity index (χ0) is 13.8. The van der Waals surface area contributed by atoms with Crippen molar-refractivity contribution in [2.75, 3.05) is 11.9 Å². The van der Waals surface area contributed by atoms with E-state index in [-0.39, 0.29) is 11.8 Å². The Labute approximate surface area is 116 Å². The van der Waals surface area contributed by atoms with E-state index in [2.05, 4.69) is 10.3 Å². The molecule has 2 aromatic rings. The minimum Gasteiger partial charge on any atom is -0.330 e. The lowest BCUT2D eigenvalue weighted by Gasteiger charge is -2.06. The van der Waals surface area contributed by atoms with Crippen LogP contribution in [0.5, 0.6) is 0 Å². The lowest BCUT2D eigenvalue weighted by Crippen LogP contribution is -2.26. The molecule has 1 aromatic carbocycles. The van der Waals surface area contributed by atoms with Crippen molar-refractivity contribution in [3.63, 3.8) is 0 Å². The van der Waals surface area contributed by atoms with Crippen LogP contribution in [0.15, 0.2) is 29.6 Å². The van der Waals surface area contributed by atoms with Crippen LogP contribution in [0, 0.1) is 12.8 Å². The van der Waals surface area contributed by atoms with E-state index in [4.69, 9.17) is 5.73 Å². The van der Waals surface area contributed by atoms with Crippen LogP contribution in [0.1, 0.15) is 12.5 Å². The second kappa shape index (κ2) is 5.95. The van der Waals surface area contributed by atoms with Crippen LogP contribution >= 0.6 is 11.3 Å². The fourth-order valence-corrected chi connectivity index (χ4v) is 2.36. The summed E-state index contributed by atoms with van der Waals surface area (Å²) in [6.07, 6.45) is 0. The van der Waals surface area contributed by atoms with Crippen molar-refractivity contribution < 1.29 is 4.79 Å². The maximum Gasteiger partial charge on any atom is 0.230 e. The minimum absolute atomic E-state index is 0.0896. The van der Waals surface area contributed by atoms with Gasteiger partial charge < -0.3 is 11.1 Å². The lowest BCUT2D eigenvalue weighted by molar-refractivity contribution is -0.119. The van der Waals surface area contributed by atoms with E-state index in [0.717, 1.165) is 11.3 Å². The van der Waals surface area contributed by atoms with E-state index in [0.29, 0.717) is 11.7 Å². The van der Waals surface area contributed by atoms with E-state index < -0.39 is 0 Å². The topological polar surface area (TPSA) is 68.0 Å². The molecule has 0 fully saturated rings. The van der Waals surface area contributed by atoms with Crippen molar-refractivity contribution in [3.05, 3.63) is 35.2 Å². The summed E-state index contributed by atoms with van der Waals surface area (Å²) >= 11 is 1.43. The molecule has 0 aliphatic heterocycles. The van der Waals surface area contributed by atoms with Gasteiger partial charge in [-0.25, -0.2) is 4.98 Å². The molecule has 3 N–H and O–H groups in total. The average Bonchev–Trinajstić information content (AvgIpc) is 2.86. The zero-order valence-electron chi connectivity index (χ0n) is 11.0. The molecule has 0 aliphatic rings. The molecule has 0 saturated heterocycles. The molecule has 0 saturated carbocycles. The number of nitrogens with two attached hydrogens (primary N) is 1. The van der Waals surface area contributed by atoms with Crippen molar-refractivity contribution in [3.8, 4) is 11.3 Å². The van der Waals surface area contributed by atoms with Crippen LogP contribution in [0.3, 0.4) is 0 Å². The summed E-state index contributed by atoms with van der Waals surface area (Å²) in [5.74, 6) is -0.293. The number of hydrogen-bond donors (Lipinski definition) is 2. The first-order chi connectivity index (χ1) is 9.11. The first-order valence-corrected chi connectivity index (χ1v) is 7.02. The SMILES string of the molecule is Cc1ccccc1-c1csc(NC(=O)C(C)CN)n1. The average molecular weight is 275 g/mol. The predicted octanol–water partition coefficient (Wildman–Crippen LogP) is 2.65. The molecular formula is C14H17N3OS. The van der Waals surface area contributed by atoms with Gasteiger partial charge in [0.25, 0.3) is 0 Å². The number of thiazole rings is 1. The van der Waals surface area contributed by atoms with Gasteiger partial charge in [0.15, 0.2) is 5.13 Å². The summed E-state index contributed by atoms with van der Waals surface area (Å²) in [7, 11) is 0. The Morgan fingerprint density at radius 2 is 2.21 bits per heavy atom. The highest BCUT2D eigenvalue weighted by Crippen LogP contribution is 2.27. The number of carbonyl (C=O) groups is 1. The second-order valence-electron chi connectivity index (χ2n) is 4.48. The Morgan fingerprint density at radius 3 is 2.89 bits per heavy atom.